The van der Waals surface area contributed by atoms with Gasteiger partial charge < -0.3 is 23.5 Å². The molecule has 0 N–H and O–H groups in total. The predicted octanol–water partition coefficient (Wildman–Crippen LogP) is 2.82. The molecule has 0 radical (unpaired) electrons. The van der Waals surface area contributed by atoms with E-state index in [1.54, 1.807) is 7.11 Å². The lowest BCUT2D eigenvalue weighted by molar-refractivity contribution is 0.0201. The fraction of sp³-hybridized carbons (Fsp3) is 0.526. The quantitative estimate of drug-likeness (QED) is 0.459. The number of fused-ring (bicyclic) bond motifs is 1. The van der Waals surface area contributed by atoms with Gasteiger partial charge in [0.05, 0.1) is 33.0 Å². The van der Waals surface area contributed by atoms with Crippen molar-refractivity contribution >= 4 is 16.7 Å². The van der Waals surface area contributed by atoms with E-state index in [0.29, 0.717) is 38.6 Å². The highest BCUT2D eigenvalue weighted by Crippen LogP contribution is 2.24. The second-order valence-electron chi connectivity index (χ2n) is 5.60. The standard InChI is InChI=1S/C19H27NO5/c1-4-20(5-2)16-6-7-17-15(12-19(21)25-18(17)13-16)14-24-11-10-23-9-8-22-3/h6-7,12-13H,4-5,8-11,14H2,1-3H3. The normalized spacial score (nSPS) is 11.2. The first-order chi connectivity index (χ1) is 12.2. The highest BCUT2D eigenvalue weighted by molar-refractivity contribution is 5.83. The summed E-state index contributed by atoms with van der Waals surface area (Å²) in [6.45, 7) is 8.42. The molecule has 0 aliphatic rings. The van der Waals surface area contributed by atoms with Gasteiger partial charge in [-0.15, -0.1) is 0 Å². The van der Waals surface area contributed by atoms with Crippen LogP contribution in [-0.2, 0) is 20.8 Å². The maximum atomic E-state index is 11.9. The molecule has 2 rings (SSSR count). The van der Waals surface area contributed by atoms with E-state index >= 15 is 0 Å². The summed E-state index contributed by atoms with van der Waals surface area (Å²) in [5.41, 5.74) is 2.10. The summed E-state index contributed by atoms with van der Waals surface area (Å²) in [4.78, 5) is 14.1. The Bertz CT molecular complexity index is 709. The van der Waals surface area contributed by atoms with Crippen molar-refractivity contribution in [1.82, 2.24) is 0 Å². The molecule has 25 heavy (non-hydrogen) atoms. The van der Waals surface area contributed by atoms with E-state index < -0.39 is 0 Å². The zero-order valence-corrected chi connectivity index (χ0v) is 15.2. The molecule has 6 nitrogen and oxygen atoms in total. The van der Waals surface area contributed by atoms with Crippen molar-refractivity contribution < 1.29 is 18.6 Å². The SMILES string of the molecule is CCN(CC)c1ccc2c(COCCOCCOC)cc(=O)oc2c1. The van der Waals surface area contributed by atoms with Gasteiger partial charge in [-0.25, -0.2) is 4.79 Å². The molecule has 1 aromatic carbocycles. The van der Waals surface area contributed by atoms with Gasteiger partial charge in [-0.2, -0.15) is 0 Å². The highest BCUT2D eigenvalue weighted by Gasteiger charge is 2.09. The van der Waals surface area contributed by atoms with Crippen LogP contribution >= 0.6 is 0 Å². The van der Waals surface area contributed by atoms with Crippen LogP contribution in [0, 0.1) is 0 Å². The van der Waals surface area contributed by atoms with Crippen molar-refractivity contribution in [2.45, 2.75) is 20.5 Å². The Hall–Kier alpha value is -1.89. The first-order valence-electron chi connectivity index (χ1n) is 8.65. The number of methoxy groups -OCH3 is 1. The number of anilines is 1. The molecule has 0 saturated carbocycles. The monoisotopic (exact) mass is 349 g/mol. The molecule has 0 aliphatic heterocycles. The summed E-state index contributed by atoms with van der Waals surface area (Å²) in [7, 11) is 1.64. The average molecular weight is 349 g/mol. The number of hydrogen-bond donors (Lipinski definition) is 0. The lowest BCUT2D eigenvalue weighted by Gasteiger charge is -2.21. The zero-order valence-electron chi connectivity index (χ0n) is 15.2. The smallest absolute Gasteiger partial charge is 0.336 e. The number of nitrogens with zero attached hydrogens (tertiary/aromatic N) is 1. The third-order valence-corrected chi connectivity index (χ3v) is 4.00. The van der Waals surface area contributed by atoms with Gasteiger partial charge in [0.2, 0.25) is 0 Å². The average Bonchev–Trinajstić information content (AvgIpc) is 2.61. The number of ether oxygens (including phenoxy) is 3. The highest BCUT2D eigenvalue weighted by atomic mass is 16.5. The van der Waals surface area contributed by atoms with Gasteiger partial charge in [0, 0.05) is 43.4 Å². The van der Waals surface area contributed by atoms with Gasteiger partial charge >= 0.3 is 5.63 Å². The summed E-state index contributed by atoms with van der Waals surface area (Å²) in [5.74, 6) is 0. The van der Waals surface area contributed by atoms with Crippen molar-refractivity contribution in [3.63, 3.8) is 0 Å². The largest absolute Gasteiger partial charge is 0.423 e. The van der Waals surface area contributed by atoms with E-state index in [1.165, 1.54) is 6.07 Å². The molecule has 138 valence electrons. The maximum Gasteiger partial charge on any atom is 0.336 e. The Balaban J connectivity index is 2.06. The van der Waals surface area contributed by atoms with E-state index in [-0.39, 0.29) is 5.63 Å². The first-order valence-corrected chi connectivity index (χ1v) is 8.65. The lowest BCUT2D eigenvalue weighted by atomic mass is 10.1. The van der Waals surface area contributed by atoms with Crippen LogP contribution in [0.15, 0.2) is 33.5 Å². The van der Waals surface area contributed by atoms with E-state index in [1.807, 2.05) is 18.2 Å². The number of benzene rings is 1. The van der Waals surface area contributed by atoms with Crippen molar-refractivity contribution in [3.05, 3.63) is 40.2 Å². The lowest BCUT2D eigenvalue weighted by Crippen LogP contribution is -2.21. The Kier molecular flexibility index (Phi) is 7.91. The van der Waals surface area contributed by atoms with E-state index in [2.05, 4.69) is 18.7 Å². The summed E-state index contributed by atoms with van der Waals surface area (Å²) in [6.07, 6.45) is 0. The maximum absolute atomic E-state index is 11.9. The minimum atomic E-state index is -0.362. The van der Waals surface area contributed by atoms with Crippen LogP contribution in [-0.4, -0.2) is 46.6 Å². The van der Waals surface area contributed by atoms with Crippen LogP contribution in [0.5, 0.6) is 0 Å². The molecule has 0 atom stereocenters. The van der Waals surface area contributed by atoms with Gasteiger partial charge in [-0.3, -0.25) is 0 Å². The Morgan fingerprint density at radius 1 is 1.00 bits per heavy atom. The third kappa shape index (κ3) is 5.56. The van der Waals surface area contributed by atoms with E-state index in [4.69, 9.17) is 18.6 Å². The topological polar surface area (TPSA) is 61.1 Å². The molecule has 0 aliphatic carbocycles. The van der Waals surface area contributed by atoms with Crippen molar-refractivity contribution in [2.75, 3.05) is 51.5 Å². The van der Waals surface area contributed by atoms with E-state index in [0.717, 1.165) is 29.7 Å². The molecule has 0 unspecified atom stereocenters. The van der Waals surface area contributed by atoms with Crippen LogP contribution in [0.1, 0.15) is 19.4 Å². The van der Waals surface area contributed by atoms with Gasteiger partial charge in [-0.05, 0) is 31.5 Å². The predicted molar refractivity (Wildman–Crippen MR) is 98.4 cm³/mol. The van der Waals surface area contributed by atoms with E-state index in [9.17, 15) is 4.79 Å². The summed E-state index contributed by atoms with van der Waals surface area (Å²) < 4.78 is 21.3. The molecular weight excluding hydrogens is 322 g/mol. The molecule has 1 aromatic heterocycles. The van der Waals surface area contributed by atoms with Crippen LogP contribution in [0.4, 0.5) is 5.69 Å². The second kappa shape index (κ2) is 10.2. The minimum Gasteiger partial charge on any atom is -0.423 e. The van der Waals surface area contributed by atoms with Crippen molar-refractivity contribution in [3.8, 4) is 0 Å². The molecule has 2 aromatic rings. The fourth-order valence-electron chi connectivity index (χ4n) is 2.67. The third-order valence-electron chi connectivity index (χ3n) is 4.00. The van der Waals surface area contributed by atoms with Gasteiger partial charge in [0.15, 0.2) is 0 Å². The fourth-order valence-corrected chi connectivity index (χ4v) is 2.67. The minimum absolute atomic E-state index is 0.348. The molecule has 6 heteroatoms. The van der Waals surface area contributed by atoms with Crippen LogP contribution in [0.25, 0.3) is 11.0 Å². The van der Waals surface area contributed by atoms with Crippen LogP contribution in [0.2, 0.25) is 0 Å². The van der Waals surface area contributed by atoms with Gasteiger partial charge in [0.1, 0.15) is 5.58 Å². The first kappa shape index (κ1) is 19.4. The second-order valence-corrected chi connectivity index (χ2v) is 5.60. The molecule has 0 bridgehead atoms. The van der Waals surface area contributed by atoms with Gasteiger partial charge in [-0.1, -0.05) is 0 Å². The zero-order chi connectivity index (χ0) is 18.1. The number of hydrogen-bond acceptors (Lipinski definition) is 6. The molecule has 0 saturated heterocycles. The summed E-state index contributed by atoms with van der Waals surface area (Å²) in [5, 5.41) is 0.899. The molecule has 0 amide bonds. The Morgan fingerprint density at radius 3 is 2.44 bits per heavy atom. The molecule has 1 heterocycles. The Labute approximate surface area is 148 Å². The molecule has 0 spiro atoms. The summed E-state index contributed by atoms with van der Waals surface area (Å²) >= 11 is 0. The van der Waals surface area contributed by atoms with Crippen molar-refractivity contribution in [2.24, 2.45) is 0 Å². The van der Waals surface area contributed by atoms with Crippen LogP contribution in [0.3, 0.4) is 0 Å². The molecule has 0 fully saturated rings. The van der Waals surface area contributed by atoms with Crippen LogP contribution < -0.4 is 10.5 Å². The van der Waals surface area contributed by atoms with Crippen molar-refractivity contribution in [1.29, 1.82) is 0 Å². The summed E-state index contributed by atoms with van der Waals surface area (Å²) in [6, 6.07) is 7.44. The Morgan fingerprint density at radius 2 is 1.72 bits per heavy atom. The number of rotatable bonds is 11. The molecular formula is C19H27NO5. The van der Waals surface area contributed by atoms with Gasteiger partial charge in [0.25, 0.3) is 0 Å².